The fraction of sp³-hybridized carbons (Fsp3) is 0.333. The molecule has 2 rings (SSSR count). The lowest BCUT2D eigenvalue weighted by atomic mass is 10.2. The maximum Gasteiger partial charge on any atom is 0.332 e. The SMILES string of the molecule is CNc1nc(C)c([N+](=O)[O-])c(NC(C)c2ccsc2)n1. The van der Waals surface area contributed by atoms with Crippen molar-refractivity contribution in [1.29, 1.82) is 0 Å². The van der Waals surface area contributed by atoms with E-state index in [1.54, 1.807) is 25.3 Å². The maximum atomic E-state index is 11.2. The third kappa shape index (κ3) is 2.85. The highest BCUT2D eigenvalue weighted by Crippen LogP contribution is 2.30. The third-order valence-electron chi connectivity index (χ3n) is 2.86. The van der Waals surface area contributed by atoms with Crippen LogP contribution in [-0.4, -0.2) is 21.9 Å². The maximum absolute atomic E-state index is 11.2. The number of aryl methyl sites for hydroxylation is 1. The summed E-state index contributed by atoms with van der Waals surface area (Å²) in [6, 6.07) is 1.90. The number of nitro groups is 1. The zero-order chi connectivity index (χ0) is 14.7. The quantitative estimate of drug-likeness (QED) is 0.650. The number of hydrogen-bond acceptors (Lipinski definition) is 7. The van der Waals surface area contributed by atoms with E-state index < -0.39 is 4.92 Å². The number of aromatic nitrogens is 2. The predicted molar refractivity (Wildman–Crippen MR) is 79.3 cm³/mol. The molecule has 2 heterocycles. The molecule has 0 aliphatic rings. The molecule has 0 saturated carbocycles. The Morgan fingerprint density at radius 2 is 2.20 bits per heavy atom. The Morgan fingerprint density at radius 3 is 2.75 bits per heavy atom. The standard InChI is InChI=1S/C12H15N5O2S/c1-7(9-4-5-20-6-9)14-11-10(17(18)19)8(2)15-12(13-3)16-11/h4-7H,1-3H3,(H2,13,14,15,16). The van der Waals surface area contributed by atoms with Crippen LogP contribution in [0, 0.1) is 17.0 Å². The molecular formula is C12H15N5O2S. The molecule has 0 radical (unpaired) electrons. The van der Waals surface area contributed by atoms with Crippen LogP contribution in [0.3, 0.4) is 0 Å². The number of nitrogens with one attached hydrogen (secondary N) is 2. The molecule has 0 spiro atoms. The van der Waals surface area contributed by atoms with E-state index in [0.717, 1.165) is 5.56 Å². The van der Waals surface area contributed by atoms with Gasteiger partial charge in [0.2, 0.25) is 11.8 Å². The molecule has 2 aromatic rings. The fourth-order valence-electron chi connectivity index (χ4n) is 1.81. The van der Waals surface area contributed by atoms with Crippen molar-refractivity contribution in [2.45, 2.75) is 19.9 Å². The minimum Gasteiger partial charge on any atom is -0.358 e. The lowest BCUT2D eigenvalue weighted by Crippen LogP contribution is -2.12. The largest absolute Gasteiger partial charge is 0.358 e. The molecule has 1 unspecified atom stereocenters. The second-order valence-electron chi connectivity index (χ2n) is 4.26. The molecule has 106 valence electrons. The van der Waals surface area contributed by atoms with Crippen LogP contribution in [0.15, 0.2) is 16.8 Å². The van der Waals surface area contributed by atoms with Crippen molar-refractivity contribution in [2.24, 2.45) is 0 Å². The fourth-order valence-corrected chi connectivity index (χ4v) is 2.56. The lowest BCUT2D eigenvalue weighted by molar-refractivity contribution is -0.385. The van der Waals surface area contributed by atoms with E-state index in [-0.39, 0.29) is 17.5 Å². The van der Waals surface area contributed by atoms with Crippen molar-refractivity contribution in [2.75, 3.05) is 17.7 Å². The highest BCUT2D eigenvalue weighted by molar-refractivity contribution is 7.07. The molecule has 20 heavy (non-hydrogen) atoms. The summed E-state index contributed by atoms with van der Waals surface area (Å²) >= 11 is 1.58. The summed E-state index contributed by atoms with van der Waals surface area (Å²) in [5, 5.41) is 21.0. The molecular weight excluding hydrogens is 278 g/mol. The molecule has 0 amide bonds. The van der Waals surface area contributed by atoms with E-state index in [0.29, 0.717) is 11.6 Å². The number of anilines is 2. The molecule has 0 bridgehead atoms. The van der Waals surface area contributed by atoms with Gasteiger partial charge < -0.3 is 10.6 Å². The monoisotopic (exact) mass is 293 g/mol. The van der Waals surface area contributed by atoms with E-state index in [1.165, 1.54) is 0 Å². The van der Waals surface area contributed by atoms with Crippen LogP contribution in [0.25, 0.3) is 0 Å². The third-order valence-corrected chi connectivity index (χ3v) is 3.56. The molecule has 0 saturated heterocycles. The summed E-state index contributed by atoms with van der Waals surface area (Å²) in [4.78, 5) is 18.9. The second-order valence-corrected chi connectivity index (χ2v) is 5.04. The molecule has 7 nitrogen and oxygen atoms in total. The van der Waals surface area contributed by atoms with E-state index >= 15 is 0 Å². The first-order valence-corrected chi connectivity index (χ1v) is 6.96. The van der Waals surface area contributed by atoms with Gasteiger partial charge in [0.25, 0.3) is 0 Å². The average molecular weight is 293 g/mol. The molecule has 2 N–H and O–H groups in total. The highest BCUT2D eigenvalue weighted by Gasteiger charge is 2.23. The van der Waals surface area contributed by atoms with Crippen LogP contribution in [0.5, 0.6) is 0 Å². The number of rotatable bonds is 5. The Bertz CT molecular complexity index is 615. The number of thiophene rings is 1. The average Bonchev–Trinajstić information content (AvgIpc) is 2.91. The van der Waals surface area contributed by atoms with E-state index in [9.17, 15) is 10.1 Å². The van der Waals surface area contributed by atoms with Crippen molar-refractivity contribution in [3.63, 3.8) is 0 Å². The van der Waals surface area contributed by atoms with Crippen LogP contribution < -0.4 is 10.6 Å². The Labute approximate surface area is 120 Å². The van der Waals surface area contributed by atoms with Crippen molar-refractivity contribution in [3.8, 4) is 0 Å². The number of nitrogens with zero attached hydrogens (tertiary/aromatic N) is 3. The zero-order valence-corrected chi connectivity index (χ0v) is 12.2. The van der Waals surface area contributed by atoms with Gasteiger partial charge in [-0.25, -0.2) is 4.98 Å². The first kappa shape index (κ1) is 14.2. The number of hydrogen-bond donors (Lipinski definition) is 2. The van der Waals surface area contributed by atoms with Gasteiger partial charge >= 0.3 is 5.69 Å². The van der Waals surface area contributed by atoms with Gasteiger partial charge in [-0.05, 0) is 36.2 Å². The molecule has 0 fully saturated rings. The molecule has 0 aromatic carbocycles. The minimum atomic E-state index is -0.461. The van der Waals surface area contributed by atoms with Crippen molar-refractivity contribution < 1.29 is 4.92 Å². The summed E-state index contributed by atoms with van der Waals surface area (Å²) in [6.07, 6.45) is 0. The van der Waals surface area contributed by atoms with Gasteiger partial charge in [-0.15, -0.1) is 0 Å². The van der Waals surface area contributed by atoms with Crippen LogP contribution >= 0.6 is 11.3 Å². The molecule has 2 aromatic heterocycles. The Kier molecular flexibility index (Phi) is 4.14. The summed E-state index contributed by atoms with van der Waals surface area (Å²) in [5.41, 5.74) is 1.30. The Balaban J connectivity index is 2.38. The predicted octanol–water partition coefficient (Wildman–Crippen LogP) is 2.97. The molecule has 0 aliphatic heterocycles. The van der Waals surface area contributed by atoms with Gasteiger partial charge in [-0.3, -0.25) is 10.1 Å². The first-order chi connectivity index (χ1) is 9.52. The van der Waals surface area contributed by atoms with Crippen molar-refractivity contribution in [1.82, 2.24) is 9.97 Å². The summed E-state index contributed by atoms with van der Waals surface area (Å²) in [5.74, 6) is 0.582. The first-order valence-electron chi connectivity index (χ1n) is 6.02. The highest BCUT2D eigenvalue weighted by atomic mass is 32.1. The minimum absolute atomic E-state index is 0.0704. The van der Waals surface area contributed by atoms with Crippen LogP contribution in [0.1, 0.15) is 24.2 Å². The van der Waals surface area contributed by atoms with E-state index in [2.05, 4.69) is 20.6 Å². The molecule has 1 atom stereocenters. The van der Waals surface area contributed by atoms with Crippen molar-refractivity contribution in [3.05, 3.63) is 38.2 Å². The van der Waals surface area contributed by atoms with Crippen LogP contribution in [0.2, 0.25) is 0 Å². The van der Waals surface area contributed by atoms with Gasteiger partial charge in [-0.2, -0.15) is 16.3 Å². The van der Waals surface area contributed by atoms with Gasteiger partial charge in [0.15, 0.2) is 0 Å². The topological polar surface area (TPSA) is 93.0 Å². The summed E-state index contributed by atoms with van der Waals surface area (Å²) < 4.78 is 0. The van der Waals surface area contributed by atoms with Crippen LogP contribution in [-0.2, 0) is 0 Å². The zero-order valence-electron chi connectivity index (χ0n) is 11.4. The summed E-state index contributed by atoms with van der Waals surface area (Å²) in [6.45, 7) is 3.53. The smallest absolute Gasteiger partial charge is 0.332 e. The summed E-state index contributed by atoms with van der Waals surface area (Å²) in [7, 11) is 1.67. The van der Waals surface area contributed by atoms with Crippen molar-refractivity contribution >= 4 is 28.8 Å². The van der Waals surface area contributed by atoms with Gasteiger partial charge in [0, 0.05) is 7.05 Å². The molecule has 8 heteroatoms. The normalized spacial score (nSPS) is 11.9. The van der Waals surface area contributed by atoms with E-state index in [1.807, 2.05) is 23.8 Å². The lowest BCUT2D eigenvalue weighted by Gasteiger charge is -2.14. The Morgan fingerprint density at radius 1 is 1.45 bits per heavy atom. The second kappa shape index (κ2) is 5.83. The molecule has 0 aliphatic carbocycles. The Hall–Kier alpha value is -2.22. The van der Waals surface area contributed by atoms with Gasteiger partial charge in [0.1, 0.15) is 5.69 Å². The van der Waals surface area contributed by atoms with Gasteiger partial charge in [0.05, 0.1) is 11.0 Å². The van der Waals surface area contributed by atoms with E-state index in [4.69, 9.17) is 0 Å². The van der Waals surface area contributed by atoms with Crippen LogP contribution in [0.4, 0.5) is 17.5 Å². The van der Waals surface area contributed by atoms with Gasteiger partial charge in [-0.1, -0.05) is 0 Å².